The van der Waals surface area contributed by atoms with Gasteiger partial charge in [-0.2, -0.15) is 0 Å². The number of para-hydroxylation sites is 1. The van der Waals surface area contributed by atoms with Crippen molar-refractivity contribution >= 4 is 5.82 Å². The average molecular weight is 354 g/mol. The van der Waals surface area contributed by atoms with E-state index in [4.69, 9.17) is 9.47 Å². The molecule has 2 aromatic rings. The first-order valence-electron chi connectivity index (χ1n) is 9.26. The Hall–Kier alpha value is -2.31. The fraction of sp³-hybridized carbons (Fsp3) is 0.450. The van der Waals surface area contributed by atoms with E-state index in [0.717, 1.165) is 62.1 Å². The summed E-state index contributed by atoms with van der Waals surface area (Å²) in [5, 5.41) is 3.48. The molecule has 1 N–H and O–H groups in total. The van der Waals surface area contributed by atoms with Crippen molar-refractivity contribution in [1.82, 2.24) is 15.2 Å². The van der Waals surface area contributed by atoms with Crippen LogP contribution in [0.15, 0.2) is 36.5 Å². The van der Waals surface area contributed by atoms with Gasteiger partial charge in [0.15, 0.2) is 11.5 Å². The van der Waals surface area contributed by atoms with Crippen molar-refractivity contribution in [3.63, 3.8) is 0 Å². The molecule has 3 heterocycles. The first-order chi connectivity index (χ1) is 12.8. The number of likely N-dealkylation sites (N-methyl/N-ethyl adjacent to an activating group) is 1. The Morgan fingerprint density at radius 3 is 2.65 bits per heavy atom. The van der Waals surface area contributed by atoms with Gasteiger partial charge in [0, 0.05) is 51.0 Å². The highest BCUT2D eigenvalue weighted by Crippen LogP contribution is 2.33. The summed E-state index contributed by atoms with van der Waals surface area (Å²) in [7, 11) is 2.17. The van der Waals surface area contributed by atoms with Crippen LogP contribution in [0.1, 0.15) is 11.1 Å². The molecule has 26 heavy (non-hydrogen) atoms. The maximum absolute atomic E-state index is 5.76. The zero-order chi connectivity index (χ0) is 17.8. The second-order valence-electron chi connectivity index (χ2n) is 6.86. The van der Waals surface area contributed by atoms with Crippen LogP contribution in [0, 0.1) is 0 Å². The van der Waals surface area contributed by atoms with Gasteiger partial charge in [0.05, 0.1) is 0 Å². The Morgan fingerprint density at radius 1 is 1.00 bits per heavy atom. The predicted octanol–water partition coefficient (Wildman–Crippen LogP) is 1.89. The van der Waals surface area contributed by atoms with E-state index in [1.807, 2.05) is 18.3 Å². The van der Waals surface area contributed by atoms with Crippen molar-refractivity contribution in [2.24, 2.45) is 0 Å². The summed E-state index contributed by atoms with van der Waals surface area (Å²) in [5.41, 5.74) is 2.31. The van der Waals surface area contributed by atoms with Crippen LogP contribution < -0.4 is 19.7 Å². The number of benzene rings is 1. The highest BCUT2D eigenvalue weighted by atomic mass is 16.6. The van der Waals surface area contributed by atoms with Crippen LogP contribution in [0.25, 0.3) is 0 Å². The number of nitrogens with one attached hydrogen (secondary N) is 1. The molecule has 0 aliphatic carbocycles. The number of piperazine rings is 1. The number of hydrogen-bond acceptors (Lipinski definition) is 6. The average Bonchev–Trinajstić information content (AvgIpc) is 2.69. The van der Waals surface area contributed by atoms with E-state index in [0.29, 0.717) is 13.2 Å². The molecule has 1 aromatic carbocycles. The highest BCUT2D eigenvalue weighted by Gasteiger charge is 2.16. The van der Waals surface area contributed by atoms with Crippen LogP contribution in [0.5, 0.6) is 11.5 Å². The van der Waals surface area contributed by atoms with E-state index in [9.17, 15) is 0 Å². The third-order valence-corrected chi connectivity index (χ3v) is 4.93. The van der Waals surface area contributed by atoms with Gasteiger partial charge in [-0.15, -0.1) is 0 Å². The van der Waals surface area contributed by atoms with Crippen LogP contribution in [-0.2, 0) is 13.1 Å². The number of anilines is 1. The Labute approximate surface area is 154 Å². The molecular weight excluding hydrogens is 328 g/mol. The summed E-state index contributed by atoms with van der Waals surface area (Å²) in [6, 6.07) is 10.3. The molecule has 0 radical (unpaired) electrons. The first kappa shape index (κ1) is 17.1. The third-order valence-electron chi connectivity index (χ3n) is 4.93. The Morgan fingerprint density at radius 2 is 1.85 bits per heavy atom. The van der Waals surface area contributed by atoms with Gasteiger partial charge in [0.25, 0.3) is 0 Å². The minimum atomic E-state index is 0.613. The van der Waals surface area contributed by atoms with Gasteiger partial charge in [0.1, 0.15) is 19.0 Å². The number of aromatic nitrogens is 1. The van der Waals surface area contributed by atoms with Crippen molar-refractivity contribution in [2.45, 2.75) is 13.1 Å². The van der Waals surface area contributed by atoms with Gasteiger partial charge in [-0.25, -0.2) is 4.98 Å². The number of hydrogen-bond donors (Lipinski definition) is 1. The summed E-state index contributed by atoms with van der Waals surface area (Å²) >= 11 is 0. The third kappa shape index (κ3) is 3.92. The van der Waals surface area contributed by atoms with E-state index < -0.39 is 0 Å². The fourth-order valence-electron chi connectivity index (χ4n) is 3.36. The number of pyridine rings is 1. The summed E-state index contributed by atoms with van der Waals surface area (Å²) in [6.45, 7) is 7.03. The molecule has 6 heteroatoms. The Balaban J connectivity index is 1.31. The van der Waals surface area contributed by atoms with Crippen LogP contribution in [0.3, 0.4) is 0 Å². The molecule has 138 valence electrons. The highest BCUT2D eigenvalue weighted by molar-refractivity contribution is 5.47. The summed E-state index contributed by atoms with van der Waals surface area (Å²) in [5.74, 6) is 2.79. The minimum absolute atomic E-state index is 0.613. The second-order valence-corrected chi connectivity index (χ2v) is 6.86. The molecule has 0 atom stereocenters. The molecule has 0 amide bonds. The number of nitrogens with zero attached hydrogens (tertiary/aromatic N) is 3. The van der Waals surface area contributed by atoms with Crippen molar-refractivity contribution in [2.75, 3.05) is 51.3 Å². The minimum Gasteiger partial charge on any atom is -0.486 e. The lowest BCUT2D eigenvalue weighted by Crippen LogP contribution is -2.44. The topological polar surface area (TPSA) is 49.9 Å². The van der Waals surface area contributed by atoms with Crippen molar-refractivity contribution in [3.8, 4) is 11.5 Å². The van der Waals surface area contributed by atoms with Gasteiger partial charge in [-0.3, -0.25) is 0 Å². The number of ether oxygens (including phenoxy) is 2. The summed E-state index contributed by atoms with van der Waals surface area (Å²) in [4.78, 5) is 9.35. The van der Waals surface area contributed by atoms with Gasteiger partial charge in [0.2, 0.25) is 0 Å². The zero-order valence-electron chi connectivity index (χ0n) is 15.3. The number of fused-ring (bicyclic) bond motifs is 1. The lowest BCUT2D eigenvalue weighted by molar-refractivity contribution is 0.169. The zero-order valence-corrected chi connectivity index (χ0v) is 15.3. The molecule has 4 rings (SSSR count). The summed E-state index contributed by atoms with van der Waals surface area (Å²) in [6.07, 6.45) is 1.97. The maximum atomic E-state index is 5.76. The SMILES string of the molecule is CN1CCN(c2ccc(CNCc3cccc4c3OCCO4)cn2)CC1. The fourth-order valence-corrected chi connectivity index (χ4v) is 3.36. The molecule has 6 nitrogen and oxygen atoms in total. The van der Waals surface area contributed by atoms with E-state index in [-0.39, 0.29) is 0 Å². The van der Waals surface area contributed by atoms with Gasteiger partial charge >= 0.3 is 0 Å². The monoisotopic (exact) mass is 354 g/mol. The quantitative estimate of drug-likeness (QED) is 0.885. The van der Waals surface area contributed by atoms with Crippen molar-refractivity contribution in [3.05, 3.63) is 47.7 Å². The molecule has 2 aliphatic rings. The smallest absolute Gasteiger partial charge is 0.165 e. The number of rotatable bonds is 5. The van der Waals surface area contributed by atoms with Crippen LogP contribution >= 0.6 is 0 Å². The molecule has 1 aromatic heterocycles. The molecule has 0 bridgehead atoms. The predicted molar refractivity (Wildman–Crippen MR) is 102 cm³/mol. The summed E-state index contributed by atoms with van der Waals surface area (Å²) < 4.78 is 11.4. The normalized spacial score (nSPS) is 17.3. The van der Waals surface area contributed by atoms with E-state index in [1.165, 1.54) is 5.56 Å². The molecule has 0 unspecified atom stereocenters. The molecule has 2 aliphatic heterocycles. The Bertz CT molecular complexity index is 727. The molecule has 1 saturated heterocycles. The van der Waals surface area contributed by atoms with Gasteiger partial charge in [-0.1, -0.05) is 18.2 Å². The molecular formula is C20H26N4O2. The lowest BCUT2D eigenvalue weighted by Gasteiger charge is -2.33. The largest absolute Gasteiger partial charge is 0.486 e. The van der Waals surface area contributed by atoms with Crippen LogP contribution in [-0.4, -0.2) is 56.3 Å². The molecule has 1 fully saturated rings. The van der Waals surface area contributed by atoms with Gasteiger partial charge < -0.3 is 24.6 Å². The molecule has 0 saturated carbocycles. The maximum Gasteiger partial charge on any atom is 0.165 e. The van der Waals surface area contributed by atoms with Crippen LogP contribution in [0.2, 0.25) is 0 Å². The standard InChI is InChI=1S/C20H26N4O2/c1-23-7-9-24(10-8-23)19-6-5-16(14-22-19)13-21-15-17-3-2-4-18-20(17)26-12-11-25-18/h2-6,14,21H,7-13,15H2,1H3. The van der Waals surface area contributed by atoms with Crippen molar-refractivity contribution < 1.29 is 9.47 Å². The van der Waals surface area contributed by atoms with E-state index in [1.54, 1.807) is 0 Å². The lowest BCUT2D eigenvalue weighted by atomic mass is 10.1. The van der Waals surface area contributed by atoms with Crippen molar-refractivity contribution in [1.29, 1.82) is 0 Å². The molecule has 0 spiro atoms. The van der Waals surface area contributed by atoms with Crippen LogP contribution in [0.4, 0.5) is 5.82 Å². The van der Waals surface area contributed by atoms with E-state index >= 15 is 0 Å². The van der Waals surface area contributed by atoms with E-state index in [2.05, 4.69) is 45.3 Å². The van der Waals surface area contributed by atoms with Gasteiger partial charge in [-0.05, 0) is 24.7 Å². The first-order valence-corrected chi connectivity index (χ1v) is 9.26. The Kier molecular flexibility index (Phi) is 5.22. The second kappa shape index (κ2) is 7.93.